The SMILES string of the molecule is O=C(C1CC1)N1CC2NNC(COCc3cccnc3)C2C1. The third-order valence-electron chi connectivity index (χ3n) is 4.86. The van der Waals surface area contributed by atoms with Crippen molar-refractivity contribution in [3.8, 4) is 0 Å². The van der Waals surface area contributed by atoms with Crippen molar-refractivity contribution in [2.45, 2.75) is 31.5 Å². The van der Waals surface area contributed by atoms with E-state index in [0.29, 0.717) is 37.0 Å². The molecule has 4 rings (SSSR count). The summed E-state index contributed by atoms with van der Waals surface area (Å²) in [5.41, 5.74) is 7.73. The molecule has 3 heterocycles. The van der Waals surface area contributed by atoms with Crippen LogP contribution in [0.5, 0.6) is 0 Å². The van der Waals surface area contributed by atoms with Crippen molar-refractivity contribution in [3.05, 3.63) is 30.1 Å². The summed E-state index contributed by atoms with van der Waals surface area (Å²) < 4.78 is 5.82. The van der Waals surface area contributed by atoms with Crippen LogP contribution in [0.3, 0.4) is 0 Å². The number of nitrogens with zero attached hydrogens (tertiary/aromatic N) is 2. The first-order valence-electron chi connectivity index (χ1n) is 8.08. The van der Waals surface area contributed by atoms with Gasteiger partial charge < -0.3 is 9.64 Å². The molecular weight excluding hydrogens is 280 g/mol. The van der Waals surface area contributed by atoms with E-state index in [1.807, 2.05) is 23.2 Å². The van der Waals surface area contributed by atoms with Crippen molar-refractivity contribution in [3.63, 3.8) is 0 Å². The molecule has 3 unspecified atom stereocenters. The maximum Gasteiger partial charge on any atom is 0.225 e. The largest absolute Gasteiger partial charge is 0.375 e. The van der Waals surface area contributed by atoms with Gasteiger partial charge in [-0.05, 0) is 24.5 Å². The van der Waals surface area contributed by atoms with Gasteiger partial charge >= 0.3 is 0 Å². The topological polar surface area (TPSA) is 66.5 Å². The van der Waals surface area contributed by atoms with Crippen LogP contribution in [0.1, 0.15) is 18.4 Å². The Morgan fingerprint density at radius 1 is 1.36 bits per heavy atom. The van der Waals surface area contributed by atoms with Gasteiger partial charge in [-0.2, -0.15) is 0 Å². The molecule has 1 amide bonds. The van der Waals surface area contributed by atoms with Crippen molar-refractivity contribution < 1.29 is 9.53 Å². The first kappa shape index (κ1) is 14.1. The molecule has 0 bridgehead atoms. The first-order chi connectivity index (χ1) is 10.8. The summed E-state index contributed by atoms with van der Waals surface area (Å²) in [7, 11) is 0. The number of nitrogens with one attached hydrogen (secondary N) is 2. The van der Waals surface area contributed by atoms with Crippen molar-refractivity contribution in [2.75, 3.05) is 19.7 Å². The summed E-state index contributed by atoms with van der Waals surface area (Å²) in [6, 6.07) is 4.55. The van der Waals surface area contributed by atoms with E-state index in [4.69, 9.17) is 4.74 Å². The van der Waals surface area contributed by atoms with Crippen LogP contribution >= 0.6 is 0 Å². The van der Waals surface area contributed by atoms with Crippen LogP contribution in [-0.4, -0.2) is 47.6 Å². The summed E-state index contributed by atoms with van der Waals surface area (Å²) in [5, 5.41) is 0. The Kier molecular flexibility index (Phi) is 3.82. The number of fused-ring (bicyclic) bond motifs is 1. The van der Waals surface area contributed by atoms with E-state index in [1.165, 1.54) is 0 Å². The van der Waals surface area contributed by atoms with E-state index in [9.17, 15) is 4.79 Å². The zero-order valence-corrected chi connectivity index (χ0v) is 12.6. The number of aromatic nitrogens is 1. The molecule has 118 valence electrons. The minimum atomic E-state index is 0.263. The summed E-state index contributed by atoms with van der Waals surface area (Å²) in [4.78, 5) is 18.3. The fourth-order valence-corrected chi connectivity index (χ4v) is 3.43. The maximum absolute atomic E-state index is 12.2. The Labute approximate surface area is 130 Å². The van der Waals surface area contributed by atoms with Crippen molar-refractivity contribution in [1.82, 2.24) is 20.7 Å². The number of hydrazine groups is 1. The fourth-order valence-electron chi connectivity index (χ4n) is 3.43. The molecule has 6 nitrogen and oxygen atoms in total. The third kappa shape index (κ3) is 2.86. The van der Waals surface area contributed by atoms with Crippen LogP contribution < -0.4 is 10.9 Å². The summed E-state index contributed by atoms with van der Waals surface area (Å²) in [6.45, 7) is 2.90. The Balaban J connectivity index is 1.27. The second kappa shape index (κ2) is 5.95. The molecular formula is C16H22N4O2. The minimum absolute atomic E-state index is 0.263. The molecule has 0 radical (unpaired) electrons. The smallest absolute Gasteiger partial charge is 0.225 e. The van der Waals surface area contributed by atoms with Crippen LogP contribution in [0.4, 0.5) is 0 Å². The van der Waals surface area contributed by atoms with E-state index in [-0.39, 0.29) is 6.04 Å². The number of carbonyl (C=O) groups excluding carboxylic acids is 1. The van der Waals surface area contributed by atoms with Gasteiger partial charge in [0.2, 0.25) is 5.91 Å². The highest BCUT2D eigenvalue weighted by molar-refractivity contribution is 5.81. The molecule has 3 aliphatic rings. The normalized spacial score (nSPS) is 30.5. The van der Waals surface area contributed by atoms with E-state index in [1.54, 1.807) is 6.20 Å². The molecule has 2 saturated heterocycles. The van der Waals surface area contributed by atoms with Gasteiger partial charge in [0.1, 0.15) is 0 Å². The number of likely N-dealkylation sites (tertiary alicyclic amines) is 1. The highest BCUT2D eigenvalue weighted by Gasteiger charge is 2.46. The maximum atomic E-state index is 12.2. The van der Waals surface area contributed by atoms with E-state index < -0.39 is 0 Å². The van der Waals surface area contributed by atoms with Gasteiger partial charge in [0, 0.05) is 43.4 Å². The van der Waals surface area contributed by atoms with Gasteiger partial charge in [-0.15, -0.1) is 0 Å². The molecule has 2 aliphatic heterocycles. The fraction of sp³-hybridized carbons (Fsp3) is 0.625. The average molecular weight is 302 g/mol. The van der Waals surface area contributed by atoms with E-state index >= 15 is 0 Å². The molecule has 0 aromatic carbocycles. The second-order valence-electron chi connectivity index (χ2n) is 6.56. The monoisotopic (exact) mass is 302 g/mol. The molecule has 22 heavy (non-hydrogen) atoms. The molecule has 3 atom stereocenters. The number of rotatable bonds is 5. The lowest BCUT2D eigenvalue weighted by Gasteiger charge is -2.20. The second-order valence-corrected chi connectivity index (χ2v) is 6.56. The first-order valence-corrected chi connectivity index (χ1v) is 8.08. The summed E-state index contributed by atoms with van der Waals surface area (Å²) in [6.07, 6.45) is 5.75. The molecule has 2 N–H and O–H groups in total. The zero-order chi connectivity index (χ0) is 14.9. The average Bonchev–Trinajstić information content (AvgIpc) is 3.20. The number of ether oxygens (including phenoxy) is 1. The molecule has 1 aromatic heterocycles. The minimum Gasteiger partial charge on any atom is -0.375 e. The number of amides is 1. The Hall–Kier alpha value is -1.50. The lowest BCUT2D eigenvalue weighted by Crippen LogP contribution is -2.42. The lowest BCUT2D eigenvalue weighted by molar-refractivity contribution is -0.131. The molecule has 3 fully saturated rings. The van der Waals surface area contributed by atoms with Gasteiger partial charge in [-0.3, -0.25) is 20.6 Å². The highest BCUT2D eigenvalue weighted by atomic mass is 16.5. The van der Waals surface area contributed by atoms with Crippen LogP contribution in [0, 0.1) is 11.8 Å². The van der Waals surface area contributed by atoms with Gasteiger partial charge in [0.25, 0.3) is 0 Å². The van der Waals surface area contributed by atoms with E-state index in [0.717, 1.165) is 31.5 Å². The predicted octanol–water partition coefficient (Wildman–Crippen LogP) is 0.312. The number of carbonyl (C=O) groups is 1. The lowest BCUT2D eigenvalue weighted by atomic mass is 9.98. The molecule has 1 aliphatic carbocycles. The number of hydrogen-bond donors (Lipinski definition) is 2. The van der Waals surface area contributed by atoms with Crippen molar-refractivity contribution >= 4 is 5.91 Å². The summed E-state index contributed by atoms with van der Waals surface area (Å²) in [5.74, 6) is 1.11. The standard InChI is InChI=1S/C16H22N4O2/c21-16(12-3-4-12)20-7-13-14(8-20)18-19-15(13)10-22-9-11-2-1-5-17-6-11/h1-2,5-6,12-15,18-19H,3-4,7-10H2. The molecule has 1 saturated carbocycles. The van der Waals surface area contributed by atoms with Crippen molar-refractivity contribution in [2.24, 2.45) is 11.8 Å². The number of hydrogen-bond acceptors (Lipinski definition) is 5. The Bertz CT molecular complexity index is 534. The molecule has 6 heteroatoms. The Morgan fingerprint density at radius 2 is 2.27 bits per heavy atom. The molecule has 1 aromatic rings. The highest BCUT2D eigenvalue weighted by Crippen LogP contribution is 2.34. The van der Waals surface area contributed by atoms with Crippen LogP contribution in [0.15, 0.2) is 24.5 Å². The van der Waals surface area contributed by atoms with E-state index in [2.05, 4.69) is 15.8 Å². The molecule has 0 spiro atoms. The van der Waals surface area contributed by atoms with Gasteiger partial charge in [-0.25, -0.2) is 0 Å². The quantitative estimate of drug-likeness (QED) is 0.819. The Morgan fingerprint density at radius 3 is 3.05 bits per heavy atom. The predicted molar refractivity (Wildman–Crippen MR) is 80.5 cm³/mol. The van der Waals surface area contributed by atoms with Crippen LogP contribution in [0.25, 0.3) is 0 Å². The number of pyridine rings is 1. The van der Waals surface area contributed by atoms with Crippen LogP contribution in [-0.2, 0) is 16.1 Å². The zero-order valence-electron chi connectivity index (χ0n) is 12.6. The summed E-state index contributed by atoms with van der Waals surface area (Å²) >= 11 is 0. The third-order valence-corrected chi connectivity index (χ3v) is 4.86. The van der Waals surface area contributed by atoms with Gasteiger partial charge in [-0.1, -0.05) is 6.07 Å². The van der Waals surface area contributed by atoms with Crippen molar-refractivity contribution in [1.29, 1.82) is 0 Å². The van der Waals surface area contributed by atoms with Crippen LogP contribution in [0.2, 0.25) is 0 Å². The van der Waals surface area contributed by atoms with Gasteiger partial charge in [0.05, 0.1) is 19.3 Å². The van der Waals surface area contributed by atoms with Gasteiger partial charge in [0.15, 0.2) is 0 Å².